The molecule has 1 aliphatic carbocycles. The lowest BCUT2D eigenvalue weighted by molar-refractivity contribution is -0.137. The summed E-state index contributed by atoms with van der Waals surface area (Å²) in [5.41, 5.74) is -2.20. The number of rotatable bonds is 9. The van der Waals surface area contributed by atoms with Crippen LogP contribution in [0.5, 0.6) is 0 Å². The highest BCUT2D eigenvalue weighted by atomic mass is 19.4. The van der Waals surface area contributed by atoms with Crippen LogP contribution in [-0.2, 0) is 18.0 Å². The molecule has 0 bridgehead atoms. The molecule has 0 radical (unpaired) electrons. The quantitative estimate of drug-likeness (QED) is 0.235. The summed E-state index contributed by atoms with van der Waals surface area (Å²) in [6, 6.07) is 0.359. The van der Waals surface area contributed by atoms with E-state index < -0.39 is 35.7 Å². The van der Waals surface area contributed by atoms with Crippen LogP contribution in [0, 0.1) is 0 Å². The minimum atomic E-state index is -4.84. The van der Waals surface area contributed by atoms with Gasteiger partial charge in [-0.1, -0.05) is 0 Å². The Labute approximate surface area is 259 Å². The number of ether oxygens (including phenoxy) is 1. The number of nitrogens with zero attached hydrogens (tertiary/aromatic N) is 9. The van der Waals surface area contributed by atoms with Crippen molar-refractivity contribution in [2.75, 3.05) is 16.8 Å². The molecule has 1 amide bonds. The summed E-state index contributed by atoms with van der Waals surface area (Å²) in [6.45, 7) is -0.287. The number of carbonyl (C=O) groups excluding carboxylic acids is 1. The SMILES string of the molecule is Cn1cc(-c2cnc(N(C(=O)OCC(C)(C)O)[C@H]3CC[C@H](Nc4ncc(C(F)(F)F)c(-c5ccn(C(F)F)n5)n4)CC3)cn2)cn1. The summed E-state index contributed by atoms with van der Waals surface area (Å²) in [5, 5.41) is 20.8. The molecule has 18 heteroatoms. The first-order valence-electron chi connectivity index (χ1n) is 14.2. The van der Waals surface area contributed by atoms with E-state index in [-0.39, 0.29) is 40.8 Å². The Kier molecular flexibility index (Phi) is 9.18. The number of alkyl halides is 5. The first-order valence-corrected chi connectivity index (χ1v) is 14.2. The van der Waals surface area contributed by atoms with Crippen LogP contribution in [0.25, 0.3) is 22.6 Å². The third kappa shape index (κ3) is 7.72. The molecule has 0 unspecified atom stereocenters. The van der Waals surface area contributed by atoms with Crippen LogP contribution in [0.1, 0.15) is 51.6 Å². The molecule has 0 saturated heterocycles. The maximum absolute atomic E-state index is 13.7. The van der Waals surface area contributed by atoms with E-state index in [4.69, 9.17) is 4.74 Å². The van der Waals surface area contributed by atoms with Crippen LogP contribution in [0.15, 0.2) is 43.2 Å². The number of carbonyl (C=O) groups is 1. The van der Waals surface area contributed by atoms with Gasteiger partial charge in [0.2, 0.25) is 5.95 Å². The van der Waals surface area contributed by atoms with E-state index in [0.717, 1.165) is 17.8 Å². The van der Waals surface area contributed by atoms with Crippen molar-refractivity contribution in [2.45, 2.75) is 69.9 Å². The maximum Gasteiger partial charge on any atom is 0.420 e. The van der Waals surface area contributed by atoms with Crippen LogP contribution in [0.2, 0.25) is 0 Å². The van der Waals surface area contributed by atoms with Gasteiger partial charge in [0.1, 0.15) is 23.6 Å². The Morgan fingerprint density at radius 2 is 1.83 bits per heavy atom. The molecule has 1 fully saturated rings. The maximum atomic E-state index is 13.7. The largest absolute Gasteiger partial charge is 0.446 e. The zero-order chi connectivity index (χ0) is 33.2. The molecule has 46 heavy (non-hydrogen) atoms. The van der Waals surface area contributed by atoms with Crippen molar-refractivity contribution < 1.29 is 36.6 Å². The average Bonchev–Trinajstić information content (AvgIpc) is 3.67. The van der Waals surface area contributed by atoms with Crippen LogP contribution in [0.3, 0.4) is 0 Å². The number of halogens is 5. The van der Waals surface area contributed by atoms with Gasteiger partial charge in [-0.3, -0.25) is 14.6 Å². The van der Waals surface area contributed by atoms with Crippen molar-refractivity contribution >= 4 is 17.9 Å². The van der Waals surface area contributed by atoms with Crippen molar-refractivity contribution in [1.29, 1.82) is 0 Å². The fourth-order valence-electron chi connectivity index (χ4n) is 4.97. The first kappa shape index (κ1) is 32.6. The summed E-state index contributed by atoms with van der Waals surface area (Å²) < 4.78 is 74.4. The molecule has 246 valence electrons. The van der Waals surface area contributed by atoms with Gasteiger partial charge in [0.05, 0.1) is 29.9 Å². The van der Waals surface area contributed by atoms with Gasteiger partial charge >= 0.3 is 18.8 Å². The standard InChI is InChI=1S/C28H31F5N10O3/c1-27(2,45)15-46-26(44)43(22-13-34-21(12-35-22)16-10-37-41(3)14-16)18-6-4-17(5-7-18)38-25-36-11-19(28(31,32)33)23(39-25)20-8-9-42(40-20)24(29)30/h8-14,17-18,24,45H,4-7,15H2,1-3H3,(H,36,38,39)/t17-,18-. The molecular formula is C28H31F5N10O3. The van der Waals surface area contributed by atoms with E-state index >= 15 is 0 Å². The molecular weight excluding hydrogens is 619 g/mol. The third-order valence-corrected chi connectivity index (χ3v) is 7.17. The summed E-state index contributed by atoms with van der Waals surface area (Å²) in [5.74, 6) is 0.111. The second-order valence-corrected chi connectivity index (χ2v) is 11.5. The first-order chi connectivity index (χ1) is 21.7. The number of aromatic nitrogens is 8. The molecule has 4 heterocycles. The van der Waals surface area contributed by atoms with Crippen molar-refractivity contribution in [3.63, 3.8) is 0 Å². The normalized spacial score (nSPS) is 17.3. The van der Waals surface area contributed by atoms with Gasteiger partial charge in [-0.2, -0.15) is 32.1 Å². The Bertz CT molecular complexity index is 1640. The van der Waals surface area contributed by atoms with E-state index in [2.05, 4.69) is 35.5 Å². The molecule has 13 nitrogen and oxygen atoms in total. The lowest BCUT2D eigenvalue weighted by Crippen LogP contribution is -2.46. The average molecular weight is 651 g/mol. The van der Waals surface area contributed by atoms with Gasteiger partial charge in [-0.25, -0.2) is 24.4 Å². The second kappa shape index (κ2) is 12.9. The molecule has 5 rings (SSSR count). The number of hydrogen-bond acceptors (Lipinski definition) is 10. The van der Waals surface area contributed by atoms with Crippen molar-refractivity contribution in [3.8, 4) is 22.6 Å². The molecule has 1 saturated carbocycles. The highest BCUT2D eigenvalue weighted by Crippen LogP contribution is 2.36. The van der Waals surface area contributed by atoms with Gasteiger partial charge in [-0.15, -0.1) is 0 Å². The van der Waals surface area contributed by atoms with E-state index in [1.807, 2.05) is 0 Å². The summed E-state index contributed by atoms with van der Waals surface area (Å²) in [6.07, 6.45) is 4.05. The van der Waals surface area contributed by atoms with Crippen LogP contribution < -0.4 is 10.2 Å². The zero-order valence-electron chi connectivity index (χ0n) is 25.0. The number of amides is 1. The summed E-state index contributed by atoms with van der Waals surface area (Å²) in [7, 11) is 1.77. The lowest BCUT2D eigenvalue weighted by atomic mass is 9.90. The Morgan fingerprint density at radius 1 is 1.09 bits per heavy atom. The smallest absolute Gasteiger partial charge is 0.420 e. The Hall–Kier alpha value is -4.74. The van der Waals surface area contributed by atoms with Gasteiger partial charge in [-0.05, 0) is 45.6 Å². The number of anilines is 2. The minimum Gasteiger partial charge on any atom is -0.446 e. The predicted octanol–water partition coefficient (Wildman–Crippen LogP) is 5.08. The monoisotopic (exact) mass is 650 g/mol. The summed E-state index contributed by atoms with van der Waals surface area (Å²) in [4.78, 5) is 31.4. The molecule has 4 aromatic rings. The molecule has 0 spiro atoms. The fraction of sp³-hybridized carbons (Fsp3) is 0.464. The van der Waals surface area contributed by atoms with E-state index in [9.17, 15) is 31.9 Å². The van der Waals surface area contributed by atoms with Gasteiger partial charge in [0, 0.05) is 43.3 Å². The highest BCUT2D eigenvalue weighted by molar-refractivity contribution is 5.87. The molecule has 2 N–H and O–H groups in total. The molecule has 0 atom stereocenters. The number of aliphatic hydroxyl groups is 1. The predicted molar refractivity (Wildman–Crippen MR) is 154 cm³/mol. The Balaban J connectivity index is 1.32. The molecule has 0 aromatic carbocycles. The third-order valence-electron chi connectivity index (χ3n) is 7.17. The van der Waals surface area contributed by atoms with Crippen LogP contribution in [-0.4, -0.2) is 75.0 Å². The zero-order valence-corrected chi connectivity index (χ0v) is 25.0. The highest BCUT2D eigenvalue weighted by Gasteiger charge is 2.37. The van der Waals surface area contributed by atoms with Crippen LogP contribution in [0.4, 0.5) is 38.5 Å². The lowest BCUT2D eigenvalue weighted by Gasteiger charge is -2.36. The molecule has 0 aliphatic heterocycles. The molecule has 1 aliphatic rings. The summed E-state index contributed by atoms with van der Waals surface area (Å²) >= 11 is 0. The van der Waals surface area contributed by atoms with E-state index in [1.54, 1.807) is 24.1 Å². The van der Waals surface area contributed by atoms with Crippen molar-refractivity contribution in [2.24, 2.45) is 7.05 Å². The number of hydrogen-bond donors (Lipinski definition) is 2. The van der Waals surface area contributed by atoms with Crippen LogP contribution >= 0.6 is 0 Å². The second-order valence-electron chi connectivity index (χ2n) is 11.5. The molecule has 4 aromatic heterocycles. The van der Waals surface area contributed by atoms with Crippen molar-refractivity contribution in [1.82, 2.24) is 39.5 Å². The van der Waals surface area contributed by atoms with Crippen molar-refractivity contribution in [3.05, 3.63) is 48.8 Å². The Morgan fingerprint density at radius 3 is 2.39 bits per heavy atom. The van der Waals surface area contributed by atoms with Gasteiger partial charge in [0.15, 0.2) is 5.82 Å². The van der Waals surface area contributed by atoms with E-state index in [1.165, 1.54) is 31.1 Å². The number of nitrogens with one attached hydrogen (secondary N) is 1. The number of aryl methyl sites for hydroxylation is 1. The van der Waals surface area contributed by atoms with Gasteiger partial charge in [0.25, 0.3) is 0 Å². The topological polar surface area (TPSA) is 149 Å². The minimum absolute atomic E-state index is 0.128. The van der Waals surface area contributed by atoms with E-state index in [0.29, 0.717) is 37.6 Å². The van der Waals surface area contributed by atoms with Gasteiger partial charge < -0.3 is 15.2 Å². The fourth-order valence-corrected chi connectivity index (χ4v) is 4.97.